The van der Waals surface area contributed by atoms with Gasteiger partial charge >= 0.3 is 0 Å². The molecule has 7 nitrogen and oxygen atoms in total. The molecular formula is C21H20N2O5. The van der Waals surface area contributed by atoms with E-state index in [1.807, 2.05) is 26.0 Å². The van der Waals surface area contributed by atoms with E-state index in [1.165, 1.54) is 12.0 Å². The Bertz CT molecular complexity index is 1010. The Morgan fingerprint density at radius 1 is 1.00 bits per heavy atom. The Morgan fingerprint density at radius 2 is 1.79 bits per heavy atom. The van der Waals surface area contributed by atoms with Gasteiger partial charge in [-0.05, 0) is 37.6 Å². The zero-order valence-electron chi connectivity index (χ0n) is 16.1. The first kappa shape index (κ1) is 18.0. The van der Waals surface area contributed by atoms with Crippen LogP contribution in [-0.2, 0) is 14.4 Å². The summed E-state index contributed by atoms with van der Waals surface area (Å²) in [5.74, 6) is -0.463. The molecule has 144 valence electrons. The van der Waals surface area contributed by atoms with Crippen LogP contribution < -0.4 is 14.4 Å². The highest BCUT2D eigenvalue weighted by atomic mass is 16.7. The standard InChI is InChI=1S/C21H20N2O5/c1-11-5-8-15(12(2)9-11)23-20(24)17-18(22-28-19(17)21(23)25)14-7-6-13(26-3)10-16(14)27-4/h5-10,17,19H,1-4H3/t17-,19-/m0/s1. The number of carbonyl (C=O) groups excluding carboxylic acids is 2. The maximum atomic E-state index is 13.2. The SMILES string of the molecule is COc1ccc(C2=NO[C@@H]3C(=O)N(c4ccc(C)cc4C)C(=O)[C@@H]23)c(OC)c1. The topological polar surface area (TPSA) is 77.4 Å². The minimum absolute atomic E-state index is 0.351. The van der Waals surface area contributed by atoms with Gasteiger partial charge in [0, 0.05) is 11.6 Å². The van der Waals surface area contributed by atoms with Crippen molar-refractivity contribution in [2.75, 3.05) is 19.1 Å². The fraction of sp³-hybridized carbons (Fsp3) is 0.286. The van der Waals surface area contributed by atoms with E-state index in [0.717, 1.165) is 11.1 Å². The van der Waals surface area contributed by atoms with Gasteiger partial charge in [0.05, 0.1) is 19.9 Å². The number of ether oxygens (including phenoxy) is 2. The number of fused-ring (bicyclic) bond motifs is 1. The van der Waals surface area contributed by atoms with Gasteiger partial charge in [-0.3, -0.25) is 9.59 Å². The molecule has 2 aromatic rings. The molecule has 0 radical (unpaired) electrons. The number of methoxy groups -OCH3 is 2. The predicted molar refractivity (Wildman–Crippen MR) is 103 cm³/mol. The monoisotopic (exact) mass is 380 g/mol. The van der Waals surface area contributed by atoms with Crippen LogP contribution in [0.1, 0.15) is 16.7 Å². The van der Waals surface area contributed by atoms with E-state index in [0.29, 0.717) is 28.5 Å². The normalized spacial score (nSPS) is 20.7. The molecular weight excluding hydrogens is 360 g/mol. The average molecular weight is 380 g/mol. The number of oxime groups is 1. The molecule has 7 heteroatoms. The lowest BCUT2D eigenvalue weighted by atomic mass is 9.93. The van der Waals surface area contributed by atoms with Crippen LogP contribution in [0.3, 0.4) is 0 Å². The summed E-state index contributed by atoms with van der Waals surface area (Å²) in [6.45, 7) is 3.84. The average Bonchev–Trinajstić information content (AvgIpc) is 3.22. The maximum Gasteiger partial charge on any atom is 0.278 e. The molecule has 0 saturated carbocycles. The van der Waals surface area contributed by atoms with Crippen molar-refractivity contribution in [1.29, 1.82) is 0 Å². The fourth-order valence-corrected chi connectivity index (χ4v) is 3.70. The summed E-state index contributed by atoms with van der Waals surface area (Å²) in [6, 6.07) is 10.8. The van der Waals surface area contributed by atoms with Gasteiger partial charge in [0.15, 0.2) is 0 Å². The van der Waals surface area contributed by atoms with Gasteiger partial charge in [-0.15, -0.1) is 0 Å². The molecule has 2 aromatic carbocycles. The van der Waals surface area contributed by atoms with E-state index in [-0.39, 0.29) is 5.91 Å². The molecule has 0 bridgehead atoms. The minimum Gasteiger partial charge on any atom is -0.497 e. The molecule has 4 rings (SSSR count). The number of rotatable bonds is 4. The zero-order valence-corrected chi connectivity index (χ0v) is 16.1. The summed E-state index contributed by atoms with van der Waals surface area (Å²) in [5, 5.41) is 4.05. The number of hydrogen-bond acceptors (Lipinski definition) is 6. The second-order valence-corrected chi connectivity index (χ2v) is 6.85. The highest BCUT2D eigenvalue weighted by Crippen LogP contribution is 2.38. The van der Waals surface area contributed by atoms with Crippen molar-refractivity contribution in [3.05, 3.63) is 53.1 Å². The highest BCUT2D eigenvalue weighted by molar-refractivity contribution is 6.33. The smallest absolute Gasteiger partial charge is 0.278 e. The number of imide groups is 1. The molecule has 1 fully saturated rings. The van der Waals surface area contributed by atoms with Crippen LogP contribution >= 0.6 is 0 Å². The Kier molecular flexibility index (Phi) is 4.30. The zero-order chi connectivity index (χ0) is 20.0. The molecule has 0 aromatic heterocycles. The quantitative estimate of drug-likeness (QED) is 0.762. The summed E-state index contributed by atoms with van der Waals surface area (Å²) in [6.07, 6.45) is -0.963. The summed E-state index contributed by atoms with van der Waals surface area (Å²) < 4.78 is 10.6. The van der Waals surface area contributed by atoms with E-state index in [9.17, 15) is 9.59 Å². The van der Waals surface area contributed by atoms with Crippen molar-refractivity contribution in [2.45, 2.75) is 20.0 Å². The molecule has 0 unspecified atom stereocenters. The number of amides is 2. The first-order valence-electron chi connectivity index (χ1n) is 8.87. The van der Waals surface area contributed by atoms with Crippen molar-refractivity contribution >= 4 is 23.2 Å². The third kappa shape index (κ3) is 2.62. The second kappa shape index (κ2) is 6.67. The third-order valence-electron chi connectivity index (χ3n) is 5.09. The third-order valence-corrected chi connectivity index (χ3v) is 5.09. The lowest BCUT2D eigenvalue weighted by molar-refractivity contribution is -0.126. The molecule has 2 heterocycles. The fourth-order valence-electron chi connectivity index (χ4n) is 3.70. The molecule has 2 aliphatic rings. The largest absolute Gasteiger partial charge is 0.497 e. The number of anilines is 1. The van der Waals surface area contributed by atoms with Crippen LogP contribution in [0.2, 0.25) is 0 Å². The molecule has 28 heavy (non-hydrogen) atoms. The van der Waals surface area contributed by atoms with Gasteiger partial charge in [-0.1, -0.05) is 22.9 Å². The Labute approximate surface area is 162 Å². The van der Waals surface area contributed by atoms with Crippen LogP contribution in [0, 0.1) is 19.8 Å². The first-order chi connectivity index (χ1) is 13.5. The van der Waals surface area contributed by atoms with E-state index in [2.05, 4.69) is 5.16 Å². The molecule has 1 saturated heterocycles. The van der Waals surface area contributed by atoms with Crippen molar-refractivity contribution in [1.82, 2.24) is 0 Å². The molecule has 2 atom stereocenters. The summed E-state index contributed by atoms with van der Waals surface area (Å²) in [7, 11) is 3.08. The molecule has 2 amide bonds. The molecule has 0 N–H and O–H groups in total. The van der Waals surface area contributed by atoms with Crippen LogP contribution in [0.4, 0.5) is 5.69 Å². The molecule has 0 aliphatic carbocycles. The van der Waals surface area contributed by atoms with Crippen LogP contribution in [0.15, 0.2) is 41.6 Å². The predicted octanol–water partition coefficient (Wildman–Crippen LogP) is 2.61. The summed E-state index contributed by atoms with van der Waals surface area (Å²) >= 11 is 0. The van der Waals surface area contributed by atoms with Gasteiger partial charge < -0.3 is 14.3 Å². The van der Waals surface area contributed by atoms with E-state index in [4.69, 9.17) is 14.3 Å². The summed E-state index contributed by atoms with van der Waals surface area (Å²) in [5.41, 5.74) is 3.46. The van der Waals surface area contributed by atoms with Crippen LogP contribution in [-0.4, -0.2) is 37.8 Å². The van der Waals surface area contributed by atoms with Crippen molar-refractivity contribution in [3.8, 4) is 11.5 Å². The lowest BCUT2D eigenvalue weighted by Crippen LogP contribution is -2.33. The number of benzene rings is 2. The number of aryl methyl sites for hydroxylation is 2. The van der Waals surface area contributed by atoms with Crippen LogP contribution in [0.25, 0.3) is 0 Å². The van der Waals surface area contributed by atoms with Gasteiger partial charge in [0.2, 0.25) is 12.0 Å². The highest BCUT2D eigenvalue weighted by Gasteiger charge is 2.56. The number of hydrogen-bond donors (Lipinski definition) is 0. The van der Waals surface area contributed by atoms with Crippen molar-refractivity contribution < 1.29 is 23.9 Å². The first-order valence-corrected chi connectivity index (χ1v) is 8.87. The van der Waals surface area contributed by atoms with Gasteiger partial charge in [-0.25, -0.2) is 4.90 Å². The number of carbonyl (C=O) groups is 2. The van der Waals surface area contributed by atoms with Crippen molar-refractivity contribution in [2.24, 2.45) is 11.1 Å². The maximum absolute atomic E-state index is 13.2. The van der Waals surface area contributed by atoms with E-state index in [1.54, 1.807) is 31.4 Å². The Morgan fingerprint density at radius 3 is 2.46 bits per heavy atom. The minimum atomic E-state index is -0.963. The van der Waals surface area contributed by atoms with E-state index >= 15 is 0 Å². The Balaban J connectivity index is 1.73. The van der Waals surface area contributed by atoms with Crippen molar-refractivity contribution in [3.63, 3.8) is 0 Å². The van der Waals surface area contributed by atoms with Gasteiger partial charge in [0.25, 0.3) is 5.91 Å². The molecule has 2 aliphatic heterocycles. The lowest BCUT2D eigenvalue weighted by Gasteiger charge is -2.18. The van der Waals surface area contributed by atoms with Gasteiger partial charge in [0.1, 0.15) is 23.1 Å². The Hall–Kier alpha value is -3.35. The van der Waals surface area contributed by atoms with Crippen LogP contribution in [0.5, 0.6) is 11.5 Å². The van der Waals surface area contributed by atoms with E-state index < -0.39 is 17.9 Å². The second-order valence-electron chi connectivity index (χ2n) is 6.85. The van der Waals surface area contributed by atoms with Gasteiger partial charge in [-0.2, -0.15) is 0 Å². The number of nitrogens with zero attached hydrogens (tertiary/aromatic N) is 2. The molecule has 0 spiro atoms. The summed E-state index contributed by atoms with van der Waals surface area (Å²) in [4.78, 5) is 32.7.